The first-order chi connectivity index (χ1) is 42.3. The predicted octanol–water partition coefficient (Wildman–Crippen LogP) is 15.0. The molecule has 8 rings (SSSR count). The molecule has 8 aromatic rings. The fraction of sp³-hybridized carbons (Fsp3) is 0.237. The average molecular weight is 1310 g/mol. The van der Waals surface area contributed by atoms with E-state index in [4.69, 9.17) is 28.1 Å². The van der Waals surface area contributed by atoms with Gasteiger partial charge in [0, 0.05) is 35.0 Å². The fourth-order valence-corrected chi connectivity index (χ4v) is 10.9. The number of azo groups is 4. The number of carbonyl (C=O) groups is 1. The van der Waals surface area contributed by atoms with Crippen LogP contribution in [0, 0.1) is 41.5 Å². The molecule has 0 atom stereocenters. The molecule has 90 heavy (non-hydrogen) atoms. The van der Waals surface area contributed by atoms with Crippen LogP contribution in [0.4, 0.5) is 61.7 Å². The van der Waals surface area contributed by atoms with Gasteiger partial charge in [-0.05, 0) is 171 Å². The summed E-state index contributed by atoms with van der Waals surface area (Å²) in [6.07, 6.45) is -0.181. The number of anilines is 2. The molecule has 472 valence electrons. The average Bonchev–Trinajstić information content (AvgIpc) is 0.998. The second-order valence-corrected chi connectivity index (χ2v) is 26.5. The smallest absolute Gasteiger partial charge is 0.323 e. The number of ether oxygens (including phenoxy) is 4. The molecule has 0 unspecified atom stereocenters. The van der Waals surface area contributed by atoms with E-state index >= 15 is 0 Å². The van der Waals surface area contributed by atoms with Crippen LogP contribution < -0.4 is 29.6 Å². The van der Waals surface area contributed by atoms with Crippen molar-refractivity contribution in [1.29, 1.82) is 0 Å². The molecule has 0 aromatic heterocycles. The predicted molar refractivity (Wildman–Crippen MR) is 337 cm³/mol. The normalized spacial score (nSPS) is 12.5. The van der Waals surface area contributed by atoms with Gasteiger partial charge in [0.2, 0.25) is 0 Å². The minimum atomic E-state index is -4.62. The molecule has 0 aliphatic rings. The summed E-state index contributed by atoms with van der Waals surface area (Å²) in [4.78, 5) is 12.7. The minimum absolute atomic E-state index is 0.0340. The van der Waals surface area contributed by atoms with E-state index in [1.54, 1.807) is 98.8 Å². The molecule has 0 fully saturated rings. The maximum atomic E-state index is 13.6. The first-order valence-electron chi connectivity index (χ1n) is 27.0. The third-order valence-corrected chi connectivity index (χ3v) is 16.9. The van der Waals surface area contributed by atoms with Gasteiger partial charge in [0.05, 0.1) is 106 Å². The minimum Gasteiger partial charge on any atom is -0.494 e. The van der Waals surface area contributed by atoms with Crippen LogP contribution in [-0.4, -0.2) is 96.9 Å². The summed E-state index contributed by atoms with van der Waals surface area (Å²) in [6.45, 7) is 10.5. The lowest BCUT2D eigenvalue weighted by molar-refractivity contribution is 0.262. The van der Waals surface area contributed by atoms with Crippen molar-refractivity contribution in [3.8, 4) is 23.0 Å². The van der Waals surface area contributed by atoms with E-state index in [1.165, 1.54) is 26.4 Å². The Hall–Kier alpha value is -9.21. The molecule has 6 N–H and O–H groups in total. The molecule has 0 spiro atoms. The summed E-state index contributed by atoms with van der Waals surface area (Å²) in [7, 11) is -14.9. The van der Waals surface area contributed by atoms with Crippen LogP contribution in [-0.2, 0) is 40.5 Å². The number of carbonyl (C=O) groups excluding carboxylic acids is 1. The highest BCUT2D eigenvalue weighted by atomic mass is 32.2. The van der Waals surface area contributed by atoms with Gasteiger partial charge in [0.25, 0.3) is 40.5 Å². The standard InChI is InChI=1S/C59H60N10O17S4/c1-33-21-49(35(3)19-47(33)64-62-41-13-11-39-25-43(89(77,78)79)29-55(45(39)27-41)85-15-9-17-87(71,72)73)66-68-51-31-57(83-7)53(23-37(51)5)60-59(70)61-54-24-38(6)52(32-58(54)84-8)69-67-50-22-34(2)48(20-36(50)4)65-63-42-14-12-40-26-44(90(80,81)82)30-56(46(40)28-42)86-16-10-18-88(74,75)76/h11-14,19-32H,9-10,15-18H2,1-8H3,(H2,60,61,70)(H,71,72,73)(H,74,75,76)(H,77,78,79)(H,80,81,82). The molecule has 0 saturated carbocycles. The van der Waals surface area contributed by atoms with E-state index in [2.05, 4.69) is 51.5 Å². The zero-order valence-corrected chi connectivity index (χ0v) is 52.7. The first-order valence-corrected chi connectivity index (χ1v) is 33.1. The molecule has 8 aromatic carbocycles. The van der Waals surface area contributed by atoms with Gasteiger partial charge in [0.15, 0.2) is 0 Å². The van der Waals surface area contributed by atoms with Crippen molar-refractivity contribution in [3.05, 3.63) is 143 Å². The van der Waals surface area contributed by atoms with Crippen LogP contribution in [0.5, 0.6) is 23.0 Å². The quantitative estimate of drug-likeness (QED) is 0.0186. The Morgan fingerprint density at radius 3 is 1.02 bits per heavy atom. The van der Waals surface area contributed by atoms with Crippen molar-refractivity contribution >= 4 is 125 Å². The Kier molecular flexibility index (Phi) is 20.5. The highest BCUT2D eigenvalue weighted by Gasteiger charge is 2.20. The molecule has 2 amide bonds. The van der Waals surface area contributed by atoms with Crippen molar-refractivity contribution < 1.29 is 75.6 Å². The lowest BCUT2D eigenvalue weighted by atomic mass is 10.1. The van der Waals surface area contributed by atoms with Crippen LogP contribution in [0.3, 0.4) is 0 Å². The molecule has 0 aliphatic carbocycles. The largest absolute Gasteiger partial charge is 0.494 e. The second-order valence-electron chi connectivity index (χ2n) is 20.5. The third-order valence-electron chi connectivity index (χ3n) is 13.6. The van der Waals surface area contributed by atoms with Crippen molar-refractivity contribution in [1.82, 2.24) is 0 Å². The number of aryl methyl sites for hydroxylation is 6. The van der Waals surface area contributed by atoms with Crippen molar-refractivity contribution in [2.24, 2.45) is 40.9 Å². The molecular formula is C59H60N10O17S4. The van der Waals surface area contributed by atoms with Crippen LogP contribution in [0.1, 0.15) is 46.2 Å². The molecule has 31 heteroatoms. The number of hydrogen-bond acceptors (Lipinski definition) is 21. The summed E-state index contributed by atoms with van der Waals surface area (Å²) in [5.74, 6) is -0.498. The molecule has 0 aliphatic heterocycles. The monoisotopic (exact) mass is 1310 g/mol. The summed E-state index contributed by atoms with van der Waals surface area (Å²) < 4.78 is 153. The van der Waals surface area contributed by atoms with Gasteiger partial charge in [-0.15, -0.1) is 0 Å². The SMILES string of the molecule is COc1cc(N=Nc2cc(C)c(N=Nc3ccc4cc(S(=O)(=O)O)cc(OCCCS(=O)(=O)O)c4c3)cc2C)c(C)cc1NC(=O)Nc1cc(C)c(N=Nc2cc(C)c(N=Nc3ccc4cc(S(=O)(=O)O)cc(OCCCS(=O)(=O)O)c4c3)cc2C)cc1OC. The van der Waals surface area contributed by atoms with Crippen molar-refractivity contribution in [3.63, 3.8) is 0 Å². The molecular weight excluding hydrogens is 1250 g/mol. The number of nitrogens with zero attached hydrogens (tertiary/aromatic N) is 8. The van der Waals surface area contributed by atoms with Gasteiger partial charge in [-0.25, -0.2) is 4.79 Å². The summed E-state index contributed by atoms with van der Waals surface area (Å²) >= 11 is 0. The Morgan fingerprint density at radius 1 is 0.400 bits per heavy atom. The lowest BCUT2D eigenvalue weighted by Gasteiger charge is -2.15. The Labute approximate surface area is 518 Å². The summed E-state index contributed by atoms with van der Waals surface area (Å²) in [5.41, 5.74) is 8.55. The van der Waals surface area contributed by atoms with Gasteiger partial charge in [-0.2, -0.15) is 74.6 Å². The lowest BCUT2D eigenvalue weighted by Crippen LogP contribution is -2.20. The van der Waals surface area contributed by atoms with Crippen LogP contribution in [0.25, 0.3) is 21.5 Å². The Bertz CT molecular complexity index is 4460. The van der Waals surface area contributed by atoms with Crippen molar-refractivity contribution in [2.75, 3.05) is 49.6 Å². The van der Waals surface area contributed by atoms with E-state index in [9.17, 15) is 47.6 Å². The van der Waals surface area contributed by atoms with Crippen LogP contribution in [0.15, 0.2) is 160 Å². The molecule has 27 nitrogen and oxygen atoms in total. The van der Waals surface area contributed by atoms with E-state index in [0.717, 1.165) is 12.1 Å². The fourth-order valence-electron chi connectivity index (χ4n) is 8.90. The van der Waals surface area contributed by atoms with Crippen molar-refractivity contribution in [2.45, 2.75) is 64.2 Å². The van der Waals surface area contributed by atoms with E-state index in [-0.39, 0.29) is 37.6 Å². The van der Waals surface area contributed by atoms with E-state index < -0.39 is 67.8 Å². The van der Waals surface area contributed by atoms with Gasteiger partial charge < -0.3 is 29.6 Å². The van der Waals surface area contributed by atoms with Gasteiger partial charge in [-0.1, -0.05) is 12.1 Å². The molecule has 0 saturated heterocycles. The number of methoxy groups -OCH3 is 2. The number of nitrogens with one attached hydrogen (secondary N) is 2. The number of benzene rings is 8. The van der Waals surface area contributed by atoms with E-state index in [0.29, 0.717) is 123 Å². The maximum Gasteiger partial charge on any atom is 0.323 e. The zero-order chi connectivity index (χ0) is 65.5. The molecule has 0 bridgehead atoms. The first kappa shape index (κ1) is 66.7. The topological polar surface area (TPSA) is 394 Å². The summed E-state index contributed by atoms with van der Waals surface area (Å²) in [6, 6.07) is 27.4. The summed E-state index contributed by atoms with van der Waals surface area (Å²) in [5, 5.41) is 43.0. The van der Waals surface area contributed by atoms with Crippen LogP contribution >= 0.6 is 0 Å². The van der Waals surface area contributed by atoms with Gasteiger partial charge >= 0.3 is 6.03 Å². The second kappa shape index (κ2) is 27.7. The molecule has 0 radical (unpaired) electrons. The number of fused-ring (bicyclic) bond motifs is 2. The highest BCUT2D eigenvalue weighted by Crippen LogP contribution is 2.40. The Balaban J connectivity index is 0.915. The van der Waals surface area contributed by atoms with Gasteiger partial charge in [-0.3, -0.25) is 18.2 Å². The third kappa shape index (κ3) is 17.6. The van der Waals surface area contributed by atoms with Gasteiger partial charge in [0.1, 0.15) is 23.0 Å². The Morgan fingerprint density at radius 2 is 0.711 bits per heavy atom. The number of rotatable bonds is 24. The zero-order valence-electron chi connectivity index (χ0n) is 49.4. The van der Waals surface area contributed by atoms with Crippen LogP contribution in [0.2, 0.25) is 0 Å². The highest BCUT2D eigenvalue weighted by molar-refractivity contribution is 7.86. The maximum absolute atomic E-state index is 13.6. The number of hydrogen-bond donors (Lipinski definition) is 6. The van der Waals surface area contributed by atoms with E-state index in [1.807, 2.05) is 27.7 Å². The number of urea groups is 1. The molecule has 0 heterocycles. The number of amides is 2.